The van der Waals surface area contributed by atoms with Gasteiger partial charge in [0.25, 0.3) is 0 Å². The maximum Gasteiger partial charge on any atom is 0.0609 e. The minimum atomic E-state index is 0.177. The number of rotatable bonds is 3. The summed E-state index contributed by atoms with van der Waals surface area (Å²) >= 11 is 0. The molecule has 4 nitrogen and oxygen atoms in total. The second-order valence-electron chi connectivity index (χ2n) is 3.90. The fourth-order valence-corrected chi connectivity index (χ4v) is 1.90. The molecule has 16 heavy (non-hydrogen) atoms. The molecular formula is C12H16N4. The molecule has 1 N–H and O–H groups in total. The fraction of sp³-hybridized carbons (Fsp3) is 0.333. The molecule has 0 fully saturated rings. The highest BCUT2D eigenvalue weighted by atomic mass is 15.2. The van der Waals surface area contributed by atoms with E-state index in [1.54, 1.807) is 0 Å². The van der Waals surface area contributed by atoms with Gasteiger partial charge in [-0.3, -0.25) is 9.67 Å². The Kier molecular flexibility index (Phi) is 3.01. The molecule has 4 heteroatoms. The van der Waals surface area contributed by atoms with E-state index >= 15 is 0 Å². The predicted octanol–water partition coefficient (Wildman–Crippen LogP) is 1.43. The van der Waals surface area contributed by atoms with E-state index in [0.717, 1.165) is 0 Å². The molecule has 0 radical (unpaired) electrons. The van der Waals surface area contributed by atoms with Crippen molar-refractivity contribution in [1.82, 2.24) is 20.1 Å². The summed E-state index contributed by atoms with van der Waals surface area (Å²) in [6.07, 6.45) is 7.63. The average molecular weight is 216 g/mol. The molecule has 2 aromatic rings. The van der Waals surface area contributed by atoms with Gasteiger partial charge in [0, 0.05) is 31.2 Å². The summed E-state index contributed by atoms with van der Waals surface area (Å²) in [5.41, 5.74) is 3.59. The van der Waals surface area contributed by atoms with Crippen molar-refractivity contribution >= 4 is 0 Å². The van der Waals surface area contributed by atoms with Crippen LogP contribution in [0.1, 0.15) is 22.7 Å². The van der Waals surface area contributed by atoms with E-state index in [9.17, 15) is 0 Å². The molecule has 0 aliphatic rings. The van der Waals surface area contributed by atoms with Crippen LogP contribution >= 0.6 is 0 Å². The lowest BCUT2D eigenvalue weighted by molar-refractivity contribution is 0.684. The number of nitrogens with one attached hydrogen (secondary N) is 1. The normalized spacial score (nSPS) is 12.7. The zero-order valence-corrected chi connectivity index (χ0v) is 9.81. The highest BCUT2D eigenvalue weighted by Gasteiger charge is 2.15. The van der Waals surface area contributed by atoms with Crippen molar-refractivity contribution < 1.29 is 0 Å². The van der Waals surface area contributed by atoms with Gasteiger partial charge in [0.15, 0.2) is 0 Å². The van der Waals surface area contributed by atoms with E-state index in [1.165, 1.54) is 16.7 Å². The van der Waals surface area contributed by atoms with Crippen molar-refractivity contribution in [2.45, 2.75) is 13.0 Å². The zero-order valence-electron chi connectivity index (χ0n) is 9.81. The topological polar surface area (TPSA) is 42.7 Å². The Morgan fingerprint density at radius 2 is 2.19 bits per heavy atom. The lowest BCUT2D eigenvalue weighted by Crippen LogP contribution is -2.18. The molecule has 0 aromatic carbocycles. The number of hydrogen-bond acceptors (Lipinski definition) is 3. The molecule has 0 aliphatic heterocycles. The van der Waals surface area contributed by atoms with Crippen LogP contribution in [0.25, 0.3) is 0 Å². The number of hydrogen-bond donors (Lipinski definition) is 1. The third-order valence-corrected chi connectivity index (χ3v) is 2.72. The summed E-state index contributed by atoms with van der Waals surface area (Å²) in [6.45, 7) is 2.07. The monoisotopic (exact) mass is 216 g/mol. The number of aromatic nitrogens is 3. The molecule has 2 heterocycles. The van der Waals surface area contributed by atoms with Crippen molar-refractivity contribution in [3.63, 3.8) is 0 Å². The summed E-state index contributed by atoms with van der Waals surface area (Å²) in [5, 5.41) is 7.51. The van der Waals surface area contributed by atoms with E-state index < -0.39 is 0 Å². The van der Waals surface area contributed by atoms with Crippen molar-refractivity contribution in [3.05, 3.63) is 47.5 Å². The summed E-state index contributed by atoms with van der Waals surface area (Å²) in [4.78, 5) is 4.11. The Balaban J connectivity index is 2.40. The van der Waals surface area contributed by atoms with Gasteiger partial charge >= 0.3 is 0 Å². The molecule has 1 unspecified atom stereocenters. The van der Waals surface area contributed by atoms with Crippen LogP contribution in [-0.2, 0) is 7.05 Å². The molecule has 0 saturated carbocycles. The maximum absolute atomic E-state index is 4.20. The molecule has 0 spiro atoms. The van der Waals surface area contributed by atoms with Crippen molar-refractivity contribution in [2.75, 3.05) is 7.05 Å². The van der Waals surface area contributed by atoms with E-state index in [1.807, 2.05) is 49.6 Å². The SMILES string of the molecule is CNC(c1cnn(C)c1)c1ccncc1C. The third-order valence-electron chi connectivity index (χ3n) is 2.72. The molecular weight excluding hydrogens is 200 g/mol. The zero-order chi connectivity index (χ0) is 11.5. The quantitative estimate of drug-likeness (QED) is 0.844. The van der Waals surface area contributed by atoms with Gasteiger partial charge in [-0.05, 0) is 31.2 Å². The fourth-order valence-electron chi connectivity index (χ4n) is 1.90. The molecule has 1 atom stereocenters. The Bertz CT molecular complexity index is 475. The van der Waals surface area contributed by atoms with Gasteiger partial charge in [0.1, 0.15) is 0 Å². The predicted molar refractivity (Wildman–Crippen MR) is 63.1 cm³/mol. The standard InChI is InChI=1S/C12H16N4/c1-9-6-14-5-4-11(9)12(13-2)10-7-15-16(3)8-10/h4-8,12-13H,1-3H3. The third kappa shape index (κ3) is 1.97. The number of pyridine rings is 1. The van der Waals surface area contributed by atoms with E-state index in [2.05, 4.69) is 22.3 Å². The van der Waals surface area contributed by atoms with Crippen LogP contribution in [0.4, 0.5) is 0 Å². The minimum absolute atomic E-state index is 0.177. The van der Waals surface area contributed by atoms with Crippen LogP contribution in [-0.4, -0.2) is 21.8 Å². The largest absolute Gasteiger partial charge is 0.309 e. The Morgan fingerprint density at radius 3 is 2.75 bits per heavy atom. The van der Waals surface area contributed by atoms with E-state index in [-0.39, 0.29) is 6.04 Å². The van der Waals surface area contributed by atoms with Crippen LogP contribution in [0.15, 0.2) is 30.9 Å². The highest BCUT2D eigenvalue weighted by Crippen LogP contribution is 2.23. The van der Waals surface area contributed by atoms with Gasteiger partial charge < -0.3 is 5.32 Å². The first-order valence-corrected chi connectivity index (χ1v) is 5.28. The highest BCUT2D eigenvalue weighted by molar-refractivity contribution is 5.33. The first kappa shape index (κ1) is 10.8. The first-order valence-electron chi connectivity index (χ1n) is 5.28. The maximum atomic E-state index is 4.20. The summed E-state index contributed by atoms with van der Waals surface area (Å²) < 4.78 is 1.82. The average Bonchev–Trinajstić information content (AvgIpc) is 2.69. The number of nitrogens with zero attached hydrogens (tertiary/aromatic N) is 3. The van der Waals surface area contributed by atoms with E-state index in [4.69, 9.17) is 0 Å². The molecule has 0 saturated heterocycles. The lowest BCUT2D eigenvalue weighted by Gasteiger charge is -2.16. The van der Waals surface area contributed by atoms with Crippen LogP contribution in [0.3, 0.4) is 0 Å². The van der Waals surface area contributed by atoms with Gasteiger partial charge in [-0.1, -0.05) is 0 Å². The van der Waals surface area contributed by atoms with Crippen molar-refractivity contribution in [2.24, 2.45) is 7.05 Å². The molecule has 0 amide bonds. The molecule has 0 bridgehead atoms. The van der Waals surface area contributed by atoms with Crippen molar-refractivity contribution in [3.8, 4) is 0 Å². The molecule has 0 aliphatic carbocycles. The molecule has 2 aromatic heterocycles. The number of aryl methyl sites for hydroxylation is 2. The van der Waals surface area contributed by atoms with Gasteiger partial charge in [-0.15, -0.1) is 0 Å². The van der Waals surface area contributed by atoms with Crippen LogP contribution in [0, 0.1) is 6.92 Å². The second kappa shape index (κ2) is 4.45. The van der Waals surface area contributed by atoms with Crippen LogP contribution < -0.4 is 5.32 Å². The first-order chi connectivity index (χ1) is 7.72. The van der Waals surface area contributed by atoms with Crippen molar-refractivity contribution in [1.29, 1.82) is 0 Å². The summed E-state index contributed by atoms with van der Waals surface area (Å²) in [6, 6.07) is 2.22. The minimum Gasteiger partial charge on any atom is -0.309 e. The van der Waals surface area contributed by atoms with E-state index in [0.29, 0.717) is 0 Å². The molecule has 84 valence electrons. The molecule has 2 rings (SSSR count). The van der Waals surface area contributed by atoms with Gasteiger partial charge in [0.05, 0.1) is 12.2 Å². The second-order valence-corrected chi connectivity index (χ2v) is 3.90. The van der Waals surface area contributed by atoms with Gasteiger partial charge in [-0.2, -0.15) is 5.10 Å². The smallest absolute Gasteiger partial charge is 0.0609 e. The Labute approximate surface area is 95.3 Å². The van der Waals surface area contributed by atoms with Gasteiger partial charge in [0.2, 0.25) is 0 Å². The summed E-state index contributed by atoms with van der Waals surface area (Å²) in [7, 11) is 3.88. The van der Waals surface area contributed by atoms with Crippen LogP contribution in [0.2, 0.25) is 0 Å². The van der Waals surface area contributed by atoms with Crippen LogP contribution in [0.5, 0.6) is 0 Å². The van der Waals surface area contributed by atoms with Gasteiger partial charge in [-0.25, -0.2) is 0 Å². The Morgan fingerprint density at radius 1 is 1.38 bits per heavy atom. The lowest BCUT2D eigenvalue weighted by atomic mass is 9.99. The Hall–Kier alpha value is -1.68. The summed E-state index contributed by atoms with van der Waals surface area (Å²) in [5.74, 6) is 0.